The van der Waals surface area contributed by atoms with Crippen LogP contribution in [0.25, 0.3) is 10.9 Å². The van der Waals surface area contributed by atoms with Crippen LogP contribution >= 0.6 is 0 Å². The second-order valence-electron chi connectivity index (χ2n) is 4.41. The van der Waals surface area contributed by atoms with Crippen LogP contribution in [0.1, 0.15) is 11.6 Å². The number of alkyl halides is 3. The molecule has 0 saturated heterocycles. The number of aromatic nitrogens is 1. The number of nitrogens with one attached hydrogen (secondary N) is 1. The summed E-state index contributed by atoms with van der Waals surface area (Å²) in [4.78, 5) is 15.8. The summed E-state index contributed by atoms with van der Waals surface area (Å²) in [5.41, 5.74) is 1.09. The van der Waals surface area contributed by atoms with E-state index in [4.69, 9.17) is 0 Å². The maximum Gasteiger partial charge on any atom is 0.401 e. The molecule has 21 heavy (non-hydrogen) atoms. The molecule has 1 heterocycles. The molecule has 0 radical (unpaired) electrons. The monoisotopic (exact) mass is 298 g/mol. The molecule has 0 spiro atoms. The molecule has 0 aliphatic heterocycles. The topological polar surface area (TPSA) is 51.2 Å². The Morgan fingerprint density at radius 3 is 2.81 bits per heavy atom. The lowest BCUT2D eigenvalue weighted by Gasteiger charge is -2.18. The van der Waals surface area contributed by atoms with Crippen LogP contribution < -0.4 is 5.32 Å². The third-order valence-corrected chi connectivity index (χ3v) is 2.90. The van der Waals surface area contributed by atoms with E-state index in [-0.39, 0.29) is 0 Å². The Labute approximate surface area is 118 Å². The highest BCUT2D eigenvalue weighted by Gasteiger charge is 2.31. The molecule has 0 bridgehead atoms. The van der Waals surface area contributed by atoms with E-state index in [1.807, 2.05) is 0 Å². The lowest BCUT2D eigenvalue weighted by Crippen LogP contribution is -2.36. The molecule has 1 aromatic heterocycles. The van der Waals surface area contributed by atoms with E-state index in [1.54, 1.807) is 36.5 Å². The summed E-state index contributed by atoms with van der Waals surface area (Å²) in [5.74, 6) is -0.775. The van der Waals surface area contributed by atoms with E-state index in [0.717, 1.165) is 12.5 Å². The molecule has 0 saturated carbocycles. The van der Waals surface area contributed by atoms with E-state index >= 15 is 0 Å². The van der Waals surface area contributed by atoms with Gasteiger partial charge in [-0.05, 0) is 23.8 Å². The van der Waals surface area contributed by atoms with Crippen LogP contribution in [0.2, 0.25) is 0 Å². The number of nitrogens with zero attached hydrogens (tertiary/aromatic N) is 1. The van der Waals surface area contributed by atoms with E-state index in [1.165, 1.54) is 0 Å². The van der Waals surface area contributed by atoms with Crippen molar-refractivity contribution in [3.8, 4) is 0 Å². The second kappa shape index (κ2) is 6.09. The first kappa shape index (κ1) is 15.2. The number of fused-ring (bicyclic) bond motifs is 1. The van der Waals surface area contributed by atoms with Crippen LogP contribution in [-0.2, 0) is 9.53 Å². The zero-order chi connectivity index (χ0) is 15.5. The van der Waals surface area contributed by atoms with Crippen molar-refractivity contribution in [3.63, 3.8) is 0 Å². The Morgan fingerprint density at radius 1 is 1.38 bits per heavy atom. The molecular weight excluding hydrogens is 285 g/mol. The van der Waals surface area contributed by atoms with E-state index in [9.17, 15) is 18.0 Å². The fraction of sp³-hybridized carbons (Fsp3) is 0.286. The highest BCUT2D eigenvalue weighted by Crippen LogP contribution is 2.22. The summed E-state index contributed by atoms with van der Waals surface area (Å²) in [6.45, 7) is -1.28. The molecule has 2 rings (SSSR count). The van der Waals surface area contributed by atoms with Gasteiger partial charge in [0.05, 0.1) is 19.2 Å². The molecular formula is C14H13F3N2O2. The zero-order valence-corrected chi connectivity index (χ0v) is 11.1. The van der Waals surface area contributed by atoms with Gasteiger partial charge in [0.15, 0.2) is 0 Å². The second-order valence-corrected chi connectivity index (χ2v) is 4.41. The zero-order valence-electron chi connectivity index (χ0n) is 11.1. The summed E-state index contributed by atoms with van der Waals surface area (Å²) < 4.78 is 41.5. The van der Waals surface area contributed by atoms with Crippen LogP contribution in [0.5, 0.6) is 0 Å². The van der Waals surface area contributed by atoms with Gasteiger partial charge >= 0.3 is 12.1 Å². The maximum atomic E-state index is 12.3. The van der Waals surface area contributed by atoms with Gasteiger partial charge < -0.3 is 4.74 Å². The highest BCUT2D eigenvalue weighted by molar-refractivity contribution is 5.83. The van der Waals surface area contributed by atoms with Crippen molar-refractivity contribution in [1.29, 1.82) is 0 Å². The van der Waals surface area contributed by atoms with Crippen molar-refractivity contribution in [3.05, 3.63) is 42.1 Å². The number of ether oxygens (including phenoxy) is 1. The van der Waals surface area contributed by atoms with E-state index in [0.29, 0.717) is 11.1 Å². The number of halogens is 3. The minimum atomic E-state index is -4.41. The SMILES string of the molecule is COC(=O)C(NCC(F)(F)F)c1ccc2ncccc2c1. The molecule has 0 aliphatic carbocycles. The lowest BCUT2D eigenvalue weighted by molar-refractivity contribution is -0.146. The van der Waals surface area contributed by atoms with Crippen molar-refractivity contribution >= 4 is 16.9 Å². The smallest absolute Gasteiger partial charge is 0.401 e. The molecule has 2 aromatic rings. The minimum Gasteiger partial charge on any atom is -0.468 e. The Bertz CT molecular complexity index is 643. The third-order valence-electron chi connectivity index (χ3n) is 2.90. The van der Waals surface area contributed by atoms with Gasteiger partial charge in [0.2, 0.25) is 0 Å². The van der Waals surface area contributed by atoms with Gasteiger partial charge in [-0.3, -0.25) is 10.3 Å². The largest absolute Gasteiger partial charge is 0.468 e. The van der Waals surface area contributed by atoms with Gasteiger partial charge in [0.1, 0.15) is 6.04 Å². The van der Waals surface area contributed by atoms with Gasteiger partial charge in [-0.1, -0.05) is 12.1 Å². The summed E-state index contributed by atoms with van der Waals surface area (Å²) >= 11 is 0. The molecule has 0 aliphatic rings. The number of hydrogen-bond donors (Lipinski definition) is 1. The number of hydrogen-bond acceptors (Lipinski definition) is 4. The molecule has 112 valence electrons. The molecule has 1 N–H and O–H groups in total. The van der Waals surface area contributed by atoms with Crippen molar-refractivity contribution in [2.45, 2.75) is 12.2 Å². The standard InChI is InChI=1S/C14H13F3N2O2/c1-21-13(20)12(19-8-14(15,16)17)10-4-5-11-9(7-10)3-2-6-18-11/h2-7,12,19H,8H2,1H3. The van der Waals surface area contributed by atoms with Gasteiger partial charge in [0, 0.05) is 11.6 Å². The Kier molecular flexibility index (Phi) is 4.42. The number of benzene rings is 1. The first-order valence-corrected chi connectivity index (χ1v) is 6.13. The number of esters is 1. The average molecular weight is 298 g/mol. The van der Waals surface area contributed by atoms with Gasteiger partial charge in [0.25, 0.3) is 0 Å². The van der Waals surface area contributed by atoms with Crippen molar-refractivity contribution in [2.24, 2.45) is 0 Å². The number of carbonyl (C=O) groups excluding carboxylic acids is 1. The van der Waals surface area contributed by atoms with Crippen LogP contribution in [0.3, 0.4) is 0 Å². The number of carbonyl (C=O) groups is 1. The molecule has 1 unspecified atom stereocenters. The predicted molar refractivity (Wildman–Crippen MR) is 70.6 cm³/mol. The van der Waals surface area contributed by atoms with E-state index in [2.05, 4.69) is 15.0 Å². The number of methoxy groups -OCH3 is 1. The van der Waals surface area contributed by atoms with Gasteiger partial charge in [-0.25, -0.2) is 4.79 Å². The third kappa shape index (κ3) is 3.91. The summed E-state index contributed by atoms with van der Waals surface area (Å²) in [7, 11) is 1.13. The maximum absolute atomic E-state index is 12.3. The fourth-order valence-corrected chi connectivity index (χ4v) is 1.95. The molecule has 0 amide bonds. The van der Waals surface area contributed by atoms with Crippen LogP contribution in [-0.4, -0.2) is 30.8 Å². The lowest BCUT2D eigenvalue weighted by atomic mass is 10.0. The first-order valence-electron chi connectivity index (χ1n) is 6.13. The fourth-order valence-electron chi connectivity index (χ4n) is 1.95. The summed E-state index contributed by atoms with van der Waals surface area (Å²) in [6.07, 6.45) is -2.80. The number of rotatable bonds is 4. The van der Waals surface area contributed by atoms with Gasteiger partial charge in [-0.15, -0.1) is 0 Å². The van der Waals surface area contributed by atoms with E-state index < -0.39 is 24.7 Å². The quantitative estimate of drug-likeness (QED) is 0.882. The minimum absolute atomic E-state index is 0.395. The highest BCUT2D eigenvalue weighted by atomic mass is 19.4. The Hall–Kier alpha value is -2.15. The van der Waals surface area contributed by atoms with Crippen LogP contribution in [0, 0.1) is 0 Å². The Morgan fingerprint density at radius 2 is 2.14 bits per heavy atom. The predicted octanol–water partition coefficient (Wildman–Crippen LogP) is 2.60. The van der Waals surface area contributed by atoms with Crippen LogP contribution in [0.4, 0.5) is 13.2 Å². The molecule has 1 atom stereocenters. The van der Waals surface area contributed by atoms with Crippen molar-refractivity contribution in [2.75, 3.05) is 13.7 Å². The number of pyridine rings is 1. The van der Waals surface area contributed by atoms with Crippen molar-refractivity contribution in [1.82, 2.24) is 10.3 Å². The molecule has 4 nitrogen and oxygen atoms in total. The molecule has 0 fully saturated rings. The van der Waals surface area contributed by atoms with Gasteiger partial charge in [-0.2, -0.15) is 13.2 Å². The molecule has 7 heteroatoms. The normalized spacial score (nSPS) is 13.1. The van der Waals surface area contributed by atoms with Crippen LogP contribution in [0.15, 0.2) is 36.5 Å². The van der Waals surface area contributed by atoms with Crippen molar-refractivity contribution < 1.29 is 22.7 Å². The first-order chi connectivity index (χ1) is 9.90. The Balaban J connectivity index is 2.31. The molecule has 1 aromatic carbocycles. The summed E-state index contributed by atoms with van der Waals surface area (Å²) in [6, 6.07) is 7.12. The average Bonchev–Trinajstić information content (AvgIpc) is 2.45. The summed E-state index contributed by atoms with van der Waals surface area (Å²) in [5, 5.41) is 2.91.